The van der Waals surface area contributed by atoms with Gasteiger partial charge in [-0.25, -0.2) is 9.59 Å². The maximum absolute atomic E-state index is 12.6. The van der Waals surface area contributed by atoms with Crippen LogP contribution >= 0.6 is 11.8 Å². The van der Waals surface area contributed by atoms with E-state index >= 15 is 0 Å². The van der Waals surface area contributed by atoms with Gasteiger partial charge in [-0.3, -0.25) is 4.79 Å². The molecule has 156 valence electrons. The zero-order valence-electron chi connectivity index (χ0n) is 16.5. The van der Waals surface area contributed by atoms with Crippen LogP contribution in [-0.4, -0.2) is 44.4 Å². The van der Waals surface area contributed by atoms with Crippen molar-refractivity contribution < 1.29 is 28.6 Å². The largest absolute Gasteiger partial charge is 0.493 e. The highest BCUT2D eigenvalue weighted by Gasteiger charge is 2.29. The molecular weight excluding hydrogens is 406 g/mol. The van der Waals surface area contributed by atoms with Gasteiger partial charge in [0.05, 0.1) is 20.8 Å². The van der Waals surface area contributed by atoms with Crippen LogP contribution in [0.1, 0.15) is 21.8 Å². The normalized spacial score (nSPS) is 15.3. The summed E-state index contributed by atoms with van der Waals surface area (Å²) in [6, 6.07) is 16.0. The van der Waals surface area contributed by atoms with Crippen LogP contribution in [0.3, 0.4) is 0 Å². The summed E-state index contributed by atoms with van der Waals surface area (Å²) in [7, 11) is 2.39. The Morgan fingerprint density at radius 2 is 1.67 bits per heavy atom. The van der Waals surface area contributed by atoms with Gasteiger partial charge in [-0.05, 0) is 18.2 Å². The molecule has 8 heteroatoms. The second-order valence-corrected chi connectivity index (χ2v) is 7.39. The van der Waals surface area contributed by atoms with Crippen LogP contribution in [0.25, 0.3) is 0 Å². The number of benzene rings is 2. The summed E-state index contributed by atoms with van der Waals surface area (Å²) in [6.45, 7) is 0.463. The summed E-state index contributed by atoms with van der Waals surface area (Å²) in [5.41, 5.74) is 1.11. The lowest BCUT2D eigenvalue weighted by Gasteiger charge is -2.15. The highest BCUT2D eigenvalue weighted by molar-refractivity contribution is 8.04. The second-order valence-electron chi connectivity index (χ2n) is 6.36. The third-order valence-electron chi connectivity index (χ3n) is 4.49. The molecule has 1 atom stereocenters. The molecule has 1 N–H and O–H groups in total. The Morgan fingerprint density at radius 3 is 2.37 bits per heavy atom. The molecule has 3 rings (SSSR count). The first-order chi connectivity index (χ1) is 14.5. The first-order valence-electron chi connectivity index (χ1n) is 9.17. The number of nitrogens with one attached hydrogen (secondary N) is 1. The van der Waals surface area contributed by atoms with Crippen LogP contribution in [0.2, 0.25) is 0 Å². The highest BCUT2D eigenvalue weighted by Crippen LogP contribution is 2.37. The number of amides is 1. The zero-order valence-corrected chi connectivity index (χ0v) is 17.4. The van der Waals surface area contributed by atoms with Crippen LogP contribution in [0.5, 0.6) is 5.75 Å². The van der Waals surface area contributed by atoms with Crippen molar-refractivity contribution in [3.8, 4) is 5.75 Å². The fraction of sp³-hybridized carbons (Fsp3) is 0.227. The summed E-state index contributed by atoms with van der Waals surface area (Å²) in [5, 5.41) is 2.51. The molecule has 7 nitrogen and oxygen atoms in total. The van der Waals surface area contributed by atoms with E-state index in [0.717, 1.165) is 23.1 Å². The first-order valence-corrected chi connectivity index (χ1v) is 10.2. The third-order valence-corrected chi connectivity index (χ3v) is 5.72. The zero-order chi connectivity index (χ0) is 21.5. The quantitative estimate of drug-likeness (QED) is 0.537. The number of para-hydroxylation sites is 1. The molecule has 1 aliphatic rings. The van der Waals surface area contributed by atoms with Gasteiger partial charge in [-0.2, -0.15) is 0 Å². The van der Waals surface area contributed by atoms with Crippen LogP contribution in [0.15, 0.2) is 65.2 Å². The van der Waals surface area contributed by atoms with Crippen LogP contribution in [0, 0.1) is 0 Å². The van der Waals surface area contributed by atoms with Gasteiger partial charge in [0.15, 0.2) is 0 Å². The minimum Gasteiger partial charge on any atom is -0.493 e. The molecule has 0 aromatic heterocycles. The number of methoxy groups -OCH3 is 2. The number of fused-ring (bicyclic) bond motifs is 1. The van der Waals surface area contributed by atoms with E-state index in [-0.39, 0.29) is 16.5 Å². The van der Waals surface area contributed by atoms with Crippen LogP contribution in [-0.2, 0) is 19.1 Å². The minimum absolute atomic E-state index is 0.0228. The van der Waals surface area contributed by atoms with E-state index in [1.54, 1.807) is 30.3 Å². The average Bonchev–Trinajstić information content (AvgIpc) is 3.21. The molecule has 2 aromatic rings. The highest BCUT2D eigenvalue weighted by atomic mass is 32.2. The van der Waals surface area contributed by atoms with Crippen molar-refractivity contribution >= 4 is 29.6 Å². The molecule has 30 heavy (non-hydrogen) atoms. The average molecular weight is 427 g/mol. The number of thioether (sulfide) groups is 1. The van der Waals surface area contributed by atoms with Crippen molar-refractivity contribution in [1.82, 2.24) is 5.32 Å². The first kappa shape index (κ1) is 21.4. The molecule has 0 fully saturated rings. The molecule has 0 spiro atoms. The molecule has 0 bridgehead atoms. The van der Waals surface area contributed by atoms with E-state index in [1.165, 1.54) is 14.2 Å². The summed E-state index contributed by atoms with van der Waals surface area (Å²) in [5.74, 6) is -0.834. The number of hydrogen-bond acceptors (Lipinski definition) is 7. The minimum atomic E-state index is -0.838. The smallest absolute Gasteiger partial charge is 0.356 e. The Labute approximate surface area is 178 Å². The van der Waals surface area contributed by atoms with Gasteiger partial charge < -0.3 is 19.5 Å². The molecule has 1 unspecified atom stereocenters. The molecule has 0 aliphatic carbocycles. The summed E-state index contributed by atoms with van der Waals surface area (Å²) in [4.78, 5) is 37.4. The van der Waals surface area contributed by atoms with Gasteiger partial charge in [-0.1, -0.05) is 36.4 Å². The third kappa shape index (κ3) is 4.83. The second kappa shape index (κ2) is 9.98. The van der Waals surface area contributed by atoms with Gasteiger partial charge in [-0.15, -0.1) is 11.8 Å². The topological polar surface area (TPSA) is 90.9 Å². The number of carbonyl (C=O) groups excluding carboxylic acids is 3. The number of ether oxygens (including phenoxy) is 3. The van der Waals surface area contributed by atoms with Gasteiger partial charge in [0.25, 0.3) is 5.91 Å². The summed E-state index contributed by atoms with van der Waals surface area (Å²) < 4.78 is 15.3. The van der Waals surface area contributed by atoms with E-state index in [0.29, 0.717) is 17.9 Å². The molecule has 1 aliphatic heterocycles. The van der Waals surface area contributed by atoms with Crippen molar-refractivity contribution in [3.05, 3.63) is 76.3 Å². The predicted octanol–water partition coefficient (Wildman–Crippen LogP) is 2.88. The van der Waals surface area contributed by atoms with E-state index in [1.807, 2.05) is 24.3 Å². The lowest BCUT2D eigenvalue weighted by Crippen LogP contribution is -2.31. The maximum atomic E-state index is 12.6. The summed E-state index contributed by atoms with van der Waals surface area (Å²) in [6.07, 6.45) is 0. The number of carbonyl (C=O) groups is 3. The molecule has 1 amide bonds. The monoisotopic (exact) mass is 427 g/mol. The van der Waals surface area contributed by atoms with Crippen molar-refractivity contribution in [1.29, 1.82) is 0 Å². The van der Waals surface area contributed by atoms with Gasteiger partial charge in [0.2, 0.25) is 0 Å². The predicted molar refractivity (Wildman–Crippen MR) is 112 cm³/mol. The van der Waals surface area contributed by atoms with Crippen molar-refractivity contribution in [3.63, 3.8) is 0 Å². The molecule has 0 saturated heterocycles. The Morgan fingerprint density at radius 1 is 1.00 bits per heavy atom. The van der Waals surface area contributed by atoms with Crippen molar-refractivity contribution in [2.24, 2.45) is 0 Å². The van der Waals surface area contributed by atoms with E-state index < -0.39 is 17.8 Å². The van der Waals surface area contributed by atoms with E-state index in [9.17, 15) is 14.4 Å². The Kier molecular flexibility index (Phi) is 7.13. The molecular formula is C22H21NO6S. The molecule has 0 saturated carbocycles. The number of rotatable bonds is 7. The fourth-order valence-electron chi connectivity index (χ4n) is 2.95. The lowest BCUT2D eigenvalue weighted by molar-refractivity contribution is -0.139. The molecule has 0 radical (unpaired) electrons. The number of hydrogen-bond donors (Lipinski definition) is 1. The molecule has 1 heterocycles. The summed E-state index contributed by atoms with van der Waals surface area (Å²) >= 11 is 1.11. The maximum Gasteiger partial charge on any atom is 0.356 e. The lowest BCUT2D eigenvalue weighted by atomic mass is 10.0. The van der Waals surface area contributed by atoms with Crippen molar-refractivity contribution in [2.45, 2.75) is 5.92 Å². The van der Waals surface area contributed by atoms with Gasteiger partial charge in [0.1, 0.15) is 16.4 Å². The number of esters is 2. The van der Waals surface area contributed by atoms with Gasteiger partial charge >= 0.3 is 11.9 Å². The fourth-order valence-corrected chi connectivity index (χ4v) is 4.08. The standard InChI is InChI=1S/C22H21NO6S/c1-27-21(25)18(23-20(24)14-8-4-3-5-9-14)19(22(26)28-2)30-13-15-12-29-17-11-7-6-10-16(15)17/h3-11,15H,12-13H2,1-2H3,(H,23,24)/b19-18-. The van der Waals surface area contributed by atoms with Crippen LogP contribution in [0.4, 0.5) is 0 Å². The molecule has 2 aromatic carbocycles. The Hall–Kier alpha value is -3.26. The van der Waals surface area contributed by atoms with E-state index in [2.05, 4.69) is 5.32 Å². The Bertz CT molecular complexity index is 973. The SMILES string of the molecule is COC(=O)/C(NC(=O)c1ccccc1)=C(/SCC1COc2ccccc21)C(=O)OC. The Balaban J connectivity index is 1.87. The van der Waals surface area contributed by atoms with Gasteiger partial charge in [0, 0.05) is 22.8 Å². The van der Waals surface area contributed by atoms with Crippen LogP contribution < -0.4 is 10.1 Å². The van der Waals surface area contributed by atoms with E-state index in [4.69, 9.17) is 14.2 Å². The van der Waals surface area contributed by atoms with Crippen molar-refractivity contribution in [2.75, 3.05) is 26.6 Å².